The van der Waals surface area contributed by atoms with Crippen molar-refractivity contribution < 1.29 is 18.4 Å². The Kier molecular flexibility index (Phi) is 5.25. The lowest BCUT2D eigenvalue weighted by molar-refractivity contribution is -0.181. The highest BCUT2D eigenvalue weighted by atomic mass is 32.2. The van der Waals surface area contributed by atoms with Gasteiger partial charge in [0.05, 0.1) is 31.6 Å². The number of benzene rings is 2. The highest BCUT2D eigenvalue weighted by molar-refractivity contribution is 7.90. The molecule has 1 saturated carbocycles. The van der Waals surface area contributed by atoms with E-state index in [0.717, 1.165) is 42.2 Å². The van der Waals surface area contributed by atoms with E-state index in [1.807, 2.05) is 53.6 Å². The lowest BCUT2D eigenvalue weighted by Gasteiger charge is -2.35. The van der Waals surface area contributed by atoms with Crippen molar-refractivity contribution in [2.75, 3.05) is 13.2 Å². The fraction of sp³-hybridized carbons (Fsp3) is 0.320. The quantitative estimate of drug-likeness (QED) is 0.395. The number of rotatable bonds is 4. The van der Waals surface area contributed by atoms with Crippen LogP contribution in [-0.2, 0) is 20.8 Å². The van der Waals surface area contributed by atoms with Crippen LogP contribution in [0.25, 0.3) is 22.0 Å². The van der Waals surface area contributed by atoms with Crippen LogP contribution in [0, 0.1) is 5.82 Å². The Morgan fingerprint density at radius 3 is 2.55 bits per heavy atom. The smallest absolute Gasteiger partial charge is 0.180 e. The second-order valence-electron chi connectivity index (χ2n) is 8.64. The molecule has 1 unspecified atom stereocenters. The van der Waals surface area contributed by atoms with Crippen LogP contribution in [0.4, 0.5) is 4.39 Å². The van der Waals surface area contributed by atoms with Gasteiger partial charge >= 0.3 is 0 Å². The molecule has 4 aromatic rings. The Morgan fingerprint density at radius 1 is 1.03 bits per heavy atom. The number of hydrogen-bond acceptors (Lipinski definition) is 4. The minimum Gasteiger partial charge on any atom is -0.587 e. The third kappa shape index (κ3) is 3.77. The van der Waals surface area contributed by atoms with Crippen LogP contribution in [0.15, 0.2) is 72.0 Å². The molecule has 1 aliphatic heterocycles. The molecule has 0 amide bonds. The molecule has 8 heteroatoms. The Hall–Kier alpha value is -2.65. The molecule has 6 rings (SSSR count). The predicted octanol–water partition coefficient (Wildman–Crippen LogP) is 5.07. The summed E-state index contributed by atoms with van der Waals surface area (Å²) in [5.74, 6) is -0.757. The van der Waals surface area contributed by atoms with Crippen molar-refractivity contribution >= 4 is 22.3 Å². The van der Waals surface area contributed by atoms with Crippen molar-refractivity contribution in [3.63, 3.8) is 0 Å². The van der Waals surface area contributed by atoms with Gasteiger partial charge in [-0.15, -0.1) is 0 Å². The normalized spacial score (nSPS) is 19.5. The first-order valence-corrected chi connectivity index (χ1v) is 12.3. The van der Waals surface area contributed by atoms with Crippen LogP contribution < -0.4 is 0 Å². The molecule has 1 saturated heterocycles. The van der Waals surface area contributed by atoms with Gasteiger partial charge in [0.15, 0.2) is 10.7 Å². The summed E-state index contributed by atoms with van der Waals surface area (Å²) in [7, 11) is 0. The molecule has 1 aliphatic carbocycles. The van der Waals surface area contributed by atoms with Gasteiger partial charge in [-0.1, -0.05) is 18.2 Å². The van der Waals surface area contributed by atoms with Gasteiger partial charge in [0, 0.05) is 41.6 Å². The molecule has 6 nitrogen and oxygen atoms in total. The summed E-state index contributed by atoms with van der Waals surface area (Å²) >= 11 is -1.49. The summed E-state index contributed by atoms with van der Waals surface area (Å²) in [5, 5.41) is 5.49. The maximum Gasteiger partial charge on any atom is 0.180 e. The minimum atomic E-state index is -1.49. The number of aromatic nitrogens is 3. The van der Waals surface area contributed by atoms with Crippen molar-refractivity contribution in [3.8, 4) is 11.1 Å². The van der Waals surface area contributed by atoms with Crippen LogP contribution in [0.2, 0.25) is 0 Å². The third-order valence-electron chi connectivity index (χ3n) is 6.67. The van der Waals surface area contributed by atoms with Gasteiger partial charge in [-0.25, -0.2) is 4.39 Å². The van der Waals surface area contributed by atoms with Crippen LogP contribution in [-0.4, -0.2) is 37.3 Å². The maximum absolute atomic E-state index is 14.1. The summed E-state index contributed by atoms with van der Waals surface area (Å²) in [6.45, 7) is 1.34. The molecule has 170 valence electrons. The number of nitrogens with zero attached hydrogens (tertiary/aromatic N) is 3. The highest BCUT2D eigenvalue weighted by Crippen LogP contribution is 2.41. The first-order valence-electron chi connectivity index (χ1n) is 11.2. The van der Waals surface area contributed by atoms with Crippen molar-refractivity contribution in [3.05, 3.63) is 72.9 Å². The lowest BCUT2D eigenvalue weighted by Crippen LogP contribution is -2.35. The van der Waals surface area contributed by atoms with E-state index >= 15 is 0 Å². The molecule has 0 N–H and O–H groups in total. The van der Waals surface area contributed by atoms with E-state index in [9.17, 15) is 8.94 Å². The Balaban J connectivity index is 1.33. The van der Waals surface area contributed by atoms with Crippen LogP contribution in [0.5, 0.6) is 0 Å². The average molecular weight is 466 g/mol. The number of hydrogen-bond donors (Lipinski definition) is 0. The second kappa shape index (κ2) is 8.29. The second-order valence-corrected chi connectivity index (χ2v) is 10.0. The Labute approximate surface area is 194 Å². The SMILES string of the molecule is [O-][S+](c1ccccc1)n1cc(-c2cnn(C3CCC4(CC3)OCCO4)c2)c2ccc(F)cc21. The van der Waals surface area contributed by atoms with E-state index in [0.29, 0.717) is 23.6 Å². The first kappa shape index (κ1) is 20.9. The van der Waals surface area contributed by atoms with Crippen molar-refractivity contribution in [2.45, 2.75) is 42.4 Å². The molecule has 2 fully saturated rings. The van der Waals surface area contributed by atoms with Crippen LogP contribution >= 0.6 is 0 Å². The number of ether oxygens (including phenoxy) is 2. The van der Waals surface area contributed by atoms with Crippen molar-refractivity contribution in [2.24, 2.45) is 0 Å². The van der Waals surface area contributed by atoms with Gasteiger partial charge in [0.1, 0.15) is 22.7 Å². The molecular weight excluding hydrogens is 441 g/mol. The fourth-order valence-electron chi connectivity index (χ4n) is 4.96. The summed E-state index contributed by atoms with van der Waals surface area (Å²) in [4.78, 5) is 0.661. The van der Waals surface area contributed by atoms with Crippen LogP contribution in [0.3, 0.4) is 0 Å². The van der Waals surface area contributed by atoms with E-state index in [2.05, 4.69) is 5.10 Å². The van der Waals surface area contributed by atoms with Gasteiger partial charge in [-0.2, -0.15) is 9.07 Å². The molecule has 3 heterocycles. The number of halogens is 1. The molecule has 2 aliphatic rings. The first-order chi connectivity index (χ1) is 16.1. The number of fused-ring (bicyclic) bond motifs is 1. The molecule has 33 heavy (non-hydrogen) atoms. The minimum absolute atomic E-state index is 0.279. The van der Waals surface area contributed by atoms with Gasteiger partial charge in [0.25, 0.3) is 0 Å². The molecule has 1 atom stereocenters. The van der Waals surface area contributed by atoms with E-state index in [4.69, 9.17) is 9.47 Å². The molecule has 2 aromatic heterocycles. The van der Waals surface area contributed by atoms with E-state index in [-0.39, 0.29) is 11.9 Å². The zero-order chi connectivity index (χ0) is 22.4. The lowest BCUT2D eigenvalue weighted by atomic mass is 9.90. The van der Waals surface area contributed by atoms with E-state index < -0.39 is 17.1 Å². The largest absolute Gasteiger partial charge is 0.587 e. The molecular formula is C25H24FN3O3S. The van der Waals surface area contributed by atoms with E-state index in [1.54, 1.807) is 10.0 Å². The van der Waals surface area contributed by atoms with Crippen molar-refractivity contribution in [1.29, 1.82) is 0 Å². The third-order valence-corrected chi connectivity index (χ3v) is 8.01. The zero-order valence-electron chi connectivity index (χ0n) is 18.0. The Bertz CT molecular complexity index is 1270. The summed E-state index contributed by atoms with van der Waals surface area (Å²) in [6.07, 6.45) is 9.31. The highest BCUT2D eigenvalue weighted by Gasteiger charge is 2.40. The summed E-state index contributed by atoms with van der Waals surface area (Å²) in [5.41, 5.74) is 2.40. The van der Waals surface area contributed by atoms with Gasteiger partial charge in [-0.3, -0.25) is 4.68 Å². The monoisotopic (exact) mass is 465 g/mol. The predicted molar refractivity (Wildman–Crippen MR) is 124 cm³/mol. The standard InChI is InChI=1S/C25H24FN3O3S/c26-19-6-7-22-23(17-29(24(22)14-19)33(30)21-4-2-1-3-5-21)18-15-27-28(16-18)20-8-10-25(11-9-20)31-12-13-32-25/h1-7,14-17,20H,8-13H2. The maximum atomic E-state index is 14.1. The van der Waals surface area contributed by atoms with Crippen molar-refractivity contribution in [1.82, 2.24) is 13.8 Å². The fourth-order valence-corrected chi connectivity index (χ4v) is 6.11. The average Bonchev–Trinajstić information content (AvgIpc) is 3.59. The Morgan fingerprint density at radius 2 is 1.79 bits per heavy atom. The van der Waals surface area contributed by atoms with Crippen LogP contribution in [0.1, 0.15) is 31.7 Å². The summed E-state index contributed by atoms with van der Waals surface area (Å²) < 4.78 is 42.8. The van der Waals surface area contributed by atoms with E-state index in [1.165, 1.54) is 12.1 Å². The topological polar surface area (TPSA) is 64.3 Å². The summed E-state index contributed by atoms with van der Waals surface area (Å²) in [6, 6.07) is 14.1. The molecule has 0 bridgehead atoms. The van der Waals surface area contributed by atoms with Gasteiger partial charge in [0.2, 0.25) is 0 Å². The van der Waals surface area contributed by atoms with Gasteiger partial charge < -0.3 is 14.0 Å². The molecule has 0 radical (unpaired) electrons. The molecule has 2 aromatic carbocycles. The van der Waals surface area contributed by atoms with Gasteiger partial charge in [-0.05, 0) is 37.1 Å². The molecule has 1 spiro atoms. The zero-order valence-corrected chi connectivity index (χ0v) is 18.8.